The van der Waals surface area contributed by atoms with Gasteiger partial charge in [-0.05, 0) is 12.1 Å². The number of phenols is 1. The van der Waals surface area contributed by atoms with Crippen LogP contribution >= 0.6 is 0 Å². The van der Waals surface area contributed by atoms with Crippen LogP contribution in [0, 0.1) is 11.7 Å². The average Bonchev–Trinajstić information content (AvgIpc) is 2.65. The van der Waals surface area contributed by atoms with Gasteiger partial charge in [0.2, 0.25) is 11.8 Å². The van der Waals surface area contributed by atoms with Gasteiger partial charge in [-0.15, -0.1) is 0 Å². The molecular weight excluding hydrogens is 239 g/mol. The molecule has 0 aromatic heterocycles. The smallest absolute Gasteiger partial charge is 0.229 e. The molecule has 1 saturated heterocycles. The number of hydrogen-bond acceptors (Lipinski definition) is 3. The van der Waals surface area contributed by atoms with Crippen LogP contribution in [0.2, 0.25) is 0 Å². The molecule has 1 unspecified atom stereocenters. The van der Waals surface area contributed by atoms with Crippen molar-refractivity contribution in [3.05, 3.63) is 24.0 Å². The Bertz CT molecular complexity index is 504. The van der Waals surface area contributed by atoms with E-state index in [4.69, 9.17) is 0 Å². The van der Waals surface area contributed by atoms with E-state index >= 15 is 0 Å². The van der Waals surface area contributed by atoms with E-state index in [1.807, 2.05) is 0 Å². The Morgan fingerprint density at radius 2 is 2.28 bits per heavy atom. The van der Waals surface area contributed by atoms with Crippen molar-refractivity contribution in [1.82, 2.24) is 4.90 Å². The molecule has 0 spiro atoms. The Kier molecular flexibility index (Phi) is 3.18. The highest BCUT2D eigenvalue weighted by atomic mass is 19.1. The Hall–Kier alpha value is -2.11. The summed E-state index contributed by atoms with van der Waals surface area (Å²) in [4.78, 5) is 24.6. The van der Waals surface area contributed by atoms with E-state index in [0.717, 1.165) is 12.1 Å². The number of carbonyl (C=O) groups excluding carboxylic acids is 2. The first-order valence-corrected chi connectivity index (χ1v) is 5.50. The highest BCUT2D eigenvalue weighted by Gasteiger charge is 2.32. The van der Waals surface area contributed by atoms with Gasteiger partial charge in [-0.3, -0.25) is 9.59 Å². The van der Waals surface area contributed by atoms with Gasteiger partial charge in [-0.2, -0.15) is 0 Å². The number of nitrogens with zero attached hydrogens (tertiary/aromatic N) is 1. The fourth-order valence-electron chi connectivity index (χ4n) is 1.87. The van der Waals surface area contributed by atoms with Crippen molar-refractivity contribution in [3.63, 3.8) is 0 Å². The Morgan fingerprint density at radius 3 is 2.83 bits per heavy atom. The third kappa shape index (κ3) is 2.42. The van der Waals surface area contributed by atoms with E-state index in [-0.39, 0.29) is 18.2 Å². The molecule has 96 valence electrons. The number of nitrogens with one attached hydrogen (secondary N) is 1. The summed E-state index contributed by atoms with van der Waals surface area (Å²) in [6.45, 7) is 0.373. The van der Waals surface area contributed by atoms with Gasteiger partial charge >= 0.3 is 0 Å². The van der Waals surface area contributed by atoms with E-state index in [1.165, 1.54) is 11.0 Å². The third-order valence-electron chi connectivity index (χ3n) is 2.93. The number of carbonyl (C=O) groups is 2. The molecule has 1 aromatic rings. The first-order chi connectivity index (χ1) is 8.47. The zero-order chi connectivity index (χ0) is 13.3. The zero-order valence-corrected chi connectivity index (χ0v) is 9.81. The zero-order valence-electron chi connectivity index (χ0n) is 9.81. The van der Waals surface area contributed by atoms with Crippen molar-refractivity contribution in [2.75, 3.05) is 18.9 Å². The largest absolute Gasteiger partial charge is 0.505 e. The fourth-order valence-corrected chi connectivity index (χ4v) is 1.87. The monoisotopic (exact) mass is 252 g/mol. The van der Waals surface area contributed by atoms with Crippen LogP contribution in [0.1, 0.15) is 6.42 Å². The molecule has 1 aliphatic heterocycles. The van der Waals surface area contributed by atoms with Crippen LogP contribution in [0.3, 0.4) is 0 Å². The van der Waals surface area contributed by atoms with Crippen molar-refractivity contribution < 1.29 is 19.1 Å². The molecule has 18 heavy (non-hydrogen) atoms. The van der Waals surface area contributed by atoms with Gasteiger partial charge in [0.25, 0.3) is 0 Å². The minimum atomic E-state index is -0.747. The van der Waals surface area contributed by atoms with Crippen molar-refractivity contribution in [2.24, 2.45) is 5.92 Å². The van der Waals surface area contributed by atoms with E-state index in [1.54, 1.807) is 7.05 Å². The molecule has 1 fully saturated rings. The predicted octanol–water partition coefficient (Wildman–Crippen LogP) is 0.948. The molecule has 6 heteroatoms. The lowest BCUT2D eigenvalue weighted by atomic mass is 10.1. The van der Waals surface area contributed by atoms with Crippen LogP contribution in [-0.4, -0.2) is 35.4 Å². The second kappa shape index (κ2) is 4.64. The Balaban J connectivity index is 2.03. The summed E-state index contributed by atoms with van der Waals surface area (Å²) >= 11 is 0. The van der Waals surface area contributed by atoms with Gasteiger partial charge in [0.05, 0.1) is 5.92 Å². The van der Waals surface area contributed by atoms with Crippen LogP contribution in [0.15, 0.2) is 18.2 Å². The van der Waals surface area contributed by atoms with Crippen molar-refractivity contribution in [1.29, 1.82) is 0 Å². The van der Waals surface area contributed by atoms with Gasteiger partial charge in [0, 0.05) is 31.8 Å². The third-order valence-corrected chi connectivity index (χ3v) is 2.93. The molecule has 2 N–H and O–H groups in total. The number of anilines is 1. The number of amides is 2. The highest BCUT2D eigenvalue weighted by molar-refractivity contribution is 5.97. The summed E-state index contributed by atoms with van der Waals surface area (Å²) in [6.07, 6.45) is 0.176. The maximum absolute atomic E-state index is 12.8. The summed E-state index contributed by atoms with van der Waals surface area (Å²) in [5.74, 6) is -2.05. The molecular formula is C12H13FN2O3. The van der Waals surface area contributed by atoms with E-state index in [2.05, 4.69) is 5.32 Å². The van der Waals surface area contributed by atoms with Crippen molar-refractivity contribution in [2.45, 2.75) is 6.42 Å². The molecule has 0 saturated carbocycles. The summed E-state index contributed by atoms with van der Waals surface area (Å²) < 4.78 is 12.8. The maximum Gasteiger partial charge on any atom is 0.229 e. The molecule has 2 amide bonds. The van der Waals surface area contributed by atoms with Crippen molar-refractivity contribution >= 4 is 17.5 Å². The number of rotatable bonds is 2. The standard InChI is InChI=1S/C12H13FN2O3/c1-15-6-7(4-11(15)17)12(18)14-8-2-3-9(13)10(16)5-8/h2-3,5,7,16H,4,6H2,1H3,(H,14,18). The number of benzene rings is 1. The quantitative estimate of drug-likeness (QED) is 0.823. The van der Waals surface area contributed by atoms with Gasteiger partial charge < -0.3 is 15.3 Å². The lowest BCUT2D eigenvalue weighted by molar-refractivity contribution is -0.127. The van der Waals surface area contributed by atoms with E-state index in [0.29, 0.717) is 12.2 Å². The van der Waals surface area contributed by atoms with E-state index < -0.39 is 17.5 Å². The first-order valence-electron chi connectivity index (χ1n) is 5.50. The Labute approximate surface area is 103 Å². The second-order valence-electron chi connectivity index (χ2n) is 4.33. The van der Waals surface area contributed by atoms with Crippen LogP contribution in [0.25, 0.3) is 0 Å². The lowest BCUT2D eigenvalue weighted by Crippen LogP contribution is -2.25. The van der Waals surface area contributed by atoms with Crippen LogP contribution in [-0.2, 0) is 9.59 Å². The molecule has 0 bridgehead atoms. The molecule has 2 rings (SSSR count). The van der Waals surface area contributed by atoms with Crippen LogP contribution < -0.4 is 5.32 Å². The summed E-state index contributed by atoms with van der Waals surface area (Å²) in [6, 6.07) is 3.55. The lowest BCUT2D eigenvalue weighted by Gasteiger charge is -2.11. The minimum absolute atomic E-state index is 0.0721. The minimum Gasteiger partial charge on any atom is -0.505 e. The molecule has 0 aliphatic carbocycles. The molecule has 1 aliphatic rings. The second-order valence-corrected chi connectivity index (χ2v) is 4.33. The van der Waals surface area contributed by atoms with E-state index in [9.17, 15) is 19.1 Å². The van der Waals surface area contributed by atoms with Gasteiger partial charge in [-0.1, -0.05) is 0 Å². The Morgan fingerprint density at radius 1 is 1.56 bits per heavy atom. The van der Waals surface area contributed by atoms with Gasteiger partial charge in [-0.25, -0.2) is 4.39 Å². The number of aromatic hydroxyl groups is 1. The number of likely N-dealkylation sites (tertiary alicyclic amines) is 1. The molecule has 5 nitrogen and oxygen atoms in total. The van der Waals surface area contributed by atoms with Crippen LogP contribution in [0.5, 0.6) is 5.75 Å². The molecule has 1 aromatic carbocycles. The predicted molar refractivity (Wildman–Crippen MR) is 62.4 cm³/mol. The summed E-state index contributed by atoms with van der Waals surface area (Å²) in [5.41, 5.74) is 0.306. The fraction of sp³-hybridized carbons (Fsp3) is 0.333. The SMILES string of the molecule is CN1CC(C(=O)Nc2ccc(F)c(O)c2)CC1=O. The van der Waals surface area contributed by atoms with Crippen molar-refractivity contribution in [3.8, 4) is 5.75 Å². The number of hydrogen-bond donors (Lipinski definition) is 2. The molecule has 1 atom stereocenters. The van der Waals surface area contributed by atoms with Crippen LogP contribution in [0.4, 0.5) is 10.1 Å². The summed E-state index contributed by atoms with van der Waals surface area (Å²) in [7, 11) is 1.64. The van der Waals surface area contributed by atoms with Gasteiger partial charge in [0.15, 0.2) is 11.6 Å². The average molecular weight is 252 g/mol. The molecule has 0 radical (unpaired) electrons. The molecule has 1 heterocycles. The topological polar surface area (TPSA) is 69.6 Å². The number of phenolic OH excluding ortho intramolecular Hbond substituents is 1. The first kappa shape index (κ1) is 12.3. The normalized spacial score (nSPS) is 19.1. The summed E-state index contributed by atoms with van der Waals surface area (Å²) in [5, 5.41) is 11.7. The highest BCUT2D eigenvalue weighted by Crippen LogP contribution is 2.22. The maximum atomic E-state index is 12.8. The van der Waals surface area contributed by atoms with Gasteiger partial charge in [0.1, 0.15) is 0 Å². The number of halogens is 1.